The van der Waals surface area contributed by atoms with Crippen molar-refractivity contribution in [1.82, 2.24) is 9.13 Å². The Labute approximate surface area is 259 Å². The summed E-state index contributed by atoms with van der Waals surface area (Å²) in [6.45, 7) is 4.00. The predicted octanol–water partition coefficient (Wildman–Crippen LogP) is 9.83. The molecule has 0 fully saturated rings. The van der Waals surface area contributed by atoms with Crippen molar-refractivity contribution in [3.05, 3.63) is 137 Å². The molecule has 0 spiro atoms. The van der Waals surface area contributed by atoms with Crippen LogP contribution >= 0.6 is 46.4 Å². The summed E-state index contributed by atoms with van der Waals surface area (Å²) in [6, 6.07) is 25.9. The van der Waals surface area contributed by atoms with E-state index in [9.17, 15) is 9.59 Å². The number of aryl methyl sites for hydroxylation is 2. The second-order valence-corrected chi connectivity index (χ2v) is 12.1. The summed E-state index contributed by atoms with van der Waals surface area (Å²) in [6.07, 6.45) is 0. The third-order valence-electron chi connectivity index (χ3n) is 7.67. The smallest absolute Gasteiger partial charge is 0.198 e. The Morgan fingerprint density at radius 1 is 0.476 bits per heavy atom. The van der Waals surface area contributed by atoms with Crippen LogP contribution in [-0.4, -0.2) is 9.13 Å². The van der Waals surface area contributed by atoms with Gasteiger partial charge in [0.2, 0.25) is 0 Å². The van der Waals surface area contributed by atoms with Gasteiger partial charge in [-0.1, -0.05) is 81.8 Å². The summed E-state index contributed by atoms with van der Waals surface area (Å²) in [5.41, 5.74) is 5.37. The SMILES string of the molecule is Cc1ccc(-n2c3cc4c(=O)c5c(Cl)cc(Cl)cc5n(-c5ccc(C)cc5)c4cc3c(=O)c3c(Cl)cc(Cl)cc32)cc1. The third-order valence-corrected chi connectivity index (χ3v) is 8.71. The highest BCUT2D eigenvalue weighted by molar-refractivity contribution is 6.39. The van der Waals surface area contributed by atoms with Crippen LogP contribution in [0.25, 0.3) is 55.0 Å². The number of halogens is 4. The molecule has 4 nitrogen and oxygen atoms in total. The lowest BCUT2D eigenvalue weighted by Gasteiger charge is -2.20. The van der Waals surface area contributed by atoms with Crippen LogP contribution in [-0.2, 0) is 0 Å². The Bertz CT molecular complexity index is 2220. The maximum absolute atomic E-state index is 14.2. The molecule has 0 aliphatic heterocycles. The zero-order chi connectivity index (χ0) is 29.4. The zero-order valence-corrected chi connectivity index (χ0v) is 25.3. The number of aromatic nitrogens is 2. The number of fused-ring (bicyclic) bond motifs is 4. The van der Waals surface area contributed by atoms with Gasteiger partial charge in [-0.15, -0.1) is 0 Å². The third kappa shape index (κ3) is 4.13. The van der Waals surface area contributed by atoms with Crippen molar-refractivity contribution in [2.75, 3.05) is 0 Å². The van der Waals surface area contributed by atoms with E-state index in [0.717, 1.165) is 22.5 Å². The molecule has 0 aliphatic rings. The Kier molecular flexibility index (Phi) is 6.37. The van der Waals surface area contributed by atoms with Gasteiger partial charge in [0.25, 0.3) is 0 Å². The first-order valence-electron chi connectivity index (χ1n) is 13.1. The number of pyridine rings is 2. The van der Waals surface area contributed by atoms with Gasteiger partial charge in [0.15, 0.2) is 10.9 Å². The molecular weight excluding hydrogens is 610 g/mol. The summed E-state index contributed by atoms with van der Waals surface area (Å²) in [4.78, 5) is 28.4. The second-order valence-electron chi connectivity index (χ2n) is 10.5. The number of nitrogens with zero attached hydrogens (tertiary/aromatic N) is 2. The summed E-state index contributed by atoms with van der Waals surface area (Å²) < 4.78 is 3.85. The summed E-state index contributed by atoms with van der Waals surface area (Å²) in [7, 11) is 0. The van der Waals surface area contributed by atoms with Crippen molar-refractivity contribution < 1.29 is 0 Å². The van der Waals surface area contributed by atoms with Gasteiger partial charge >= 0.3 is 0 Å². The Balaban J connectivity index is 1.78. The average molecular weight is 630 g/mol. The Hall–Kier alpha value is -3.80. The fraction of sp³-hybridized carbons (Fsp3) is 0.0588. The van der Waals surface area contributed by atoms with E-state index in [2.05, 4.69) is 0 Å². The lowest BCUT2D eigenvalue weighted by molar-refractivity contribution is 1.15. The van der Waals surface area contributed by atoms with Crippen LogP contribution in [0, 0.1) is 13.8 Å². The monoisotopic (exact) mass is 628 g/mol. The van der Waals surface area contributed by atoms with Gasteiger partial charge in [-0.25, -0.2) is 0 Å². The summed E-state index contributed by atoms with van der Waals surface area (Å²) in [5, 5.41) is 2.75. The van der Waals surface area contributed by atoms with E-state index in [4.69, 9.17) is 46.4 Å². The molecule has 0 aliphatic carbocycles. The first-order valence-corrected chi connectivity index (χ1v) is 14.6. The standard InChI is InChI=1S/C34H20Cl4N2O2/c1-17-3-7-21(8-4-17)39-27-15-24-28(16-23(27)33(41)31-25(37)11-19(35)13-29(31)39)40(22-9-5-18(2)6-10-22)30-14-20(36)12-26(38)32(30)34(24)42/h3-16H,1-2H3. The minimum atomic E-state index is -0.265. The first kappa shape index (κ1) is 27.1. The fourth-order valence-corrected chi connectivity index (χ4v) is 6.84. The maximum atomic E-state index is 14.2. The zero-order valence-electron chi connectivity index (χ0n) is 22.3. The Morgan fingerprint density at radius 3 is 1.19 bits per heavy atom. The van der Waals surface area contributed by atoms with E-state index >= 15 is 0 Å². The van der Waals surface area contributed by atoms with Crippen LogP contribution in [0.3, 0.4) is 0 Å². The van der Waals surface area contributed by atoms with E-state index in [1.165, 1.54) is 0 Å². The van der Waals surface area contributed by atoms with Crippen LogP contribution in [0.1, 0.15) is 11.1 Å². The van der Waals surface area contributed by atoms with Gasteiger partial charge in [0, 0.05) is 32.2 Å². The molecule has 0 atom stereocenters. The normalized spacial score (nSPS) is 11.8. The predicted molar refractivity (Wildman–Crippen MR) is 177 cm³/mol. The fourth-order valence-electron chi connectivity index (χ4n) is 5.71. The lowest BCUT2D eigenvalue weighted by Crippen LogP contribution is -2.15. The molecule has 0 bridgehead atoms. The van der Waals surface area contributed by atoms with Crippen molar-refractivity contribution in [2.24, 2.45) is 0 Å². The molecule has 7 rings (SSSR count). The lowest BCUT2D eigenvalue weighted by atomic mass is 10.0. The molecule has 8 heteroatoms. The largest absolute Gasteiger partial charge is 0.309 e. The molecular formula is C34H20Cl4N2O2. The van der Waals surface area contributed by atoms with Crippen molar-refractivity contribution in [3.8, 4) is 11.4 Å². The van der Waals surface area contributed by atoms with Gasteiger partial charge in [0.1, 0.15) is 0 Å². The van der Waals surface area contributed by atoms with Crippen LogP contribution in [0.4, 0.5) is 0 Å². The van der Waals surface area contributed by atoms with Crippen molar-refractivity contribution in [1.29, 1.82) is 0 Å². The molecule has 2 heterocycles. The quantitative estimate of drug-likeness (QED) is 0.179. The minimum Gasteiger partial charge on any atom is -0.309 e. The first-order chi connectivity index (χ1) is 20.1. The minimum absolute atomic E-state index is 0.248. The molecule has 206 valence electrons. The number of benzene rings is 5. The highest BCUT2D eigenvalue weighted by atomic mass is 35.5. The van der Waals surface area contributed by atoms with Crippen LogP contribution in [0.5, 0.6) is 0 Å². The van der Waals surface area contributed by atoms with E-state index in [-0.39, 0.29) is 20.9 Å². The molecule has 0 amide bonds. The van der Waals surface area contributed by atoms with Gasteiger partial charge in [-0.3, -0.25) is 9.59 Å². The van der Waals surface area contributed by atoms with Crippen molar-refractivity contribution in [2.45, 2.75) is 13.8 Å². The number of rotatable bonds is 2. The number of hydrogen-bond acceptors (Lipinski definition) is 2. The molecule has 0 radical (unpaired) electrons. The van der Waals surface area contributed by atoms with E-state index in [1.54, 1.807) is 36.4 Å². The average Bonchev–Trinajstić information content (AvgIpc) is 2.94. The Morgan fingerprint density at radius 2 is 0.833 bits per heavy atom. The molecule has 0 saturated heterocycles. The molecule has 2 aromatic heterocycles. The van der Waals surface area contributed by atoms with Gasteiger partial charge in [-0.05, 0) is 74.5 Å². The molecule has 0 N–H and O–H groups in total. The van der Waals surface area contributed by atoms with E-state index in [0.29, 0.717) is 53.7 Å². The van der Waals surface area contributed by atoms with Crippen molar-refractivity contribution >= 4 is 90.0 Å². The summed E-state index contributed by atoms with van der Waals surface area (Å²) in [5.74, 6) is 0. The van der Waals surface area contributed by atoms with Gasteiger partial charge in [0.05, 0.1) is 42.9 Å². The molecule has 42 heavy (non-hydrogen) atoms. The van der Waals surface area contributed by atoms with Crippen LogP contribution in [0.2, 0.25) is 20.1 Å². The van der Waals surface area contributed by atoms with E-state index < -0.39 is 0 Å². The second kappa shape index (κ2) is 9.89. The van der Waals surface area contributed by atoms with Gasteiger partial charge in [-0.2, -0.15) is 0 Å². The topological polar surface area (TPSA) is 44.0 Å². The molecule has 0 saturated carbocycles. The highest BCUT2D eigenvalue weighted by Crippen LogP contribution is 2.35. The van der Waals surface area contributed by atoms with Gasteiger partial charge < -0.3 is 9.13 Å². The van der Waals surface area contributed by atoms with Crippen molar-refractivity contribution in [3.63, 3.8) is 0 Å². The van der Waals surface area contributed by atoms with Crippen LogP contribution < -0.4 is 10.9 Å². The number of hydrogen-bond donors (Lipinski definition) is 0. The highest BCUT2D eigenvalue weighted by Gasteiger charge is 2.21. The summed E-state index contributed by atoms with van der Waals surface area (Å²) >= 11 is 26.2. The maximum Gasteiger partial charge on any atom is 0.198 e. The molecule has 7 aromatic rings. The van der Waals surface area contributed by atoms with E-state index in [1.807, 2.05) is 71.5 Å². The molecule has 5 aromatic carbocycles. The van der Waals surface area contributed by atoms with Crippen LogP contribution in [0.15, 0.2) is 94.5 Å². The molecule has 0 unspecified atom stereocenters.